The topological polar surface area (TPSA) is 110 Å². The number of nitro groups is 1. The number of non-ortho nitro benzene ring substituents is 1. The van der Waals surface area contributed by atoms with Crippen LogP contribution in [0.2, 0.25) is 5.02 Å². The van der Waals surface area contributed by atoms with Crippen molar-refractivity contribution in [2.75, 3.05) is 11.5 Å². The molecule has 0 aliphatic carbocycles. The summed E-state index contributed by atoms with van der Waals surface area (Å²) >= 11 is 6.06. The highest BCUT2D eigenvalue weighted by Gasteiger charge is 2.67. The minimum absolute atomic E-state index is 0.0252. The minimum atomic E-state index is -1.22. The number of benzene rings is 1. The van der Waals surface area contributed by atoms with E-state index in [4.69, 9.17) is 16.3 Å². The van der Waals surface area contributed by atoms with Crippen molar-refractivity contribution in [3.63, 3.8) is 0 Å². The third-order valence-electron chi connectivity index (χ3n) is 4.78. The Balaban J connectivity index is 1.80. The summed E-state index contributed by atoms with van der Waals surface area (Å²) in [6, 6.07) is 3.57. The highest BCUT2D eigenvalue weighted by Crippen LogP contribution is 2.52. The van der Waals surface area contributed by atoms with E-state index < -0.39 is 46.9 Å². The number of imide groups is 1. The van der Waals surface area contributed by atoms with Gasteiger partial charge >= 0.3 is 0 Å². The maximum Gasteiger partial charge on any atom is 0.271 e. The molecule has 1 aromatic carbocycles. The van der Waals surface area contributed by atoms with E-state index in [1.54, 1.807) is 12.2 Å². The Bertz CT molecular complexity index is 824. The zero-order valence-corrected chi connectivity index (χ0v) is 12.8. The Morgan fingerprint density at radius 3 is 2.79 bits per heavy atom. The number of halogens is 1. The van der Waals surface area contributed by atoms with Gasteiger partial charge in [0.25, 0.3) is 5.69 Å². The van der Waals surface area contributed by atoms with Crippen LogP contribution in [0.5, 0.6) is 0 Å². The fraction of sp³-hybridized carbons (Fsp3) is 0.333. The quantitative estimate of drug-likeness (QED) is 0.377. The van der Waals surface area contributed by atoms with Gasteiger partial charge in [0.05, 0.1) is 40.2 Å². The molecular formula is C15H11ClN2O6. The summed E-state index contributed by atoms with van der Waals surface area (Å²) in [5.41, 5.74) is -1.52. The largest absolute Gasteiger partial charge is 0.393 e. The van der Waals surface area contributed by atoms with E-state index in [9.17, 15) is 24.8 Å². The number of aliphatic hydroxyl groups is 1. The first-order valence-electron chi connectivity index (χ1n) is 7.19. The van der Waals surface area contributed by atoms with Crippen LogP contribution in [0.4, 0.5) is 11.4 Å². The molecule has 0 saturated carbocycles. The summed E-state index contributed by atoms with van der Waals surface area (Å²) in [4.78, 5) is 36.8. The predicted molar refractivity (Wildman–Crippen MR) is 81.4 cm³/mol. The Morgan fingerprint density at radius 2 is 2.12 bits per heavy atom. The lowest BCUT2D eigenvalue weighted by Crippen LogP contribution is -2.43. The molecule has 2 saturated heterocycles. The van der Waals surface area contributed by atoms with E-state index in [1.807, 2.05) is 0 Å². The van der Waals surface area contributed by atoms with E-state index in [1.165, 1.54) is 12.1 Å². The molecule has 2 amide bonds. The molecule has 1 aromatic rings. The molecule has 0 aromatic heterocycles. The van der Waals surface area contributed by atoms with Crippen molar-refractivity contribution in [1.82, 2.24) is 0 Å². The number of nitrogens with zero attached hydrogens (tertiary/aromatic N) is 2. The van der Waals surface area contributed by atoms with Gasteiger partial charge in [-0.05, 0) is 6.07 Å². The number of ether oxygens (including phenoxy) is 1. The first-order valence-corrected chi connectivity index (χ1v) is 7.57. The second-order valence-corrected chi connectivity index (χ2v) is 6.37. The molecule has 124 valence electrons. The van der Waals surface area contributed by atoms with Crippen LogP contribution in [-0.4, -0.2) is 40.2 Å². The molecule has 4 atom stereocenters. The summed E-state index contributed by atoms with van der Waals surface area (Å²) in [5, 5.41) is 20.7. The smallest absolute Gasteiger partial charge is 0.271 e. The average molecular weight is 351 g/mol. The van der Waals surface area contributed by atoms with Crippen molar-refractivity contribution >= 4 is 34.8 Å². The number of nitro benzene ring substituents is 1. The van der Waals surface area contributed by atoms with Crippen LogP contribution in [0.25, 0.3) is 0 Å². The van der Waals surface area contributed by atoms with Gasteiger partial charge in [-0.15, -0.1) is 0 Å². The zero-order valence-electron chi connectivity index (χ0n) is 12.1. The molecule has 8 nitrogen and oxygen atoms in total. The summed E-state index contributed by atoms with van der Waals surface area (Å²) < 4.78 is 5.62. The molecule has 24 heavy (non-hydrogen) atoms. The molecule has 3 aliphatic rings. The number of fused-ring (bicyclic) bond motifs is 5. The van der Waals surface area contributed by atoms with E-state index >= 15 is 0 Å². The highest BCUT2D eigenvalue weighted by atomic mass is 35.5. The standard InChI is InChI=1S/C15H11ClN2O6/c16-8-2-1-7(18(22)23)5-9(8)17-13(20)11-10-3-4-15(6-19,24-10)12(11)14(17)21/h1-5,10-12,19H,6H2. The SMILES string of the molecule is O=C1C2C3C=CC(CO)(O3)C2C(=O)N1c1cc([N+](=O)[O-])ccc1Cl. The maximum absolute atomic E-state index is 12.8. The van der Waals surface area contributed by atoms with Crippen LogP contribution in [0.3, 0.4) is 0 Å². The molecule has 9 heteroatoms. The third-order valence-corrected chi connectivity index (χ3v) is 5.10. The van der Waals surface area contributed by atoms with Crippen molar-refractivity contribution in [1.29, 1.82) is 0 Å². The molecule has 1 N–H and O–H groups in total. The number of carbonyl (C=O) groups is 2. The number of hydrogen-bond donors (Lipinski definition) is 1. The van der Waals surface area contributed by atoms with Gasteiger partial charge in [0.2, 0.25) is 11.8 Å². The van der Waals surface area contributed by atoms with Crippen LogP contribution >= 0.6 is 11.6 Å². The Morgan fingerprint density at radius 1 is 1.38 bits per heavy atom. The van der Waals surface area contributed by atoms with Crippen molar-refractivity contribution in [3.8, 4) is 0 Å². The van der Waals surface area contributed by atoms with Gasteiger partial charge in [0.15, 0.2) is 0 Å². The molecule has 2 fully saturated rings. The number of amides is 2. The van der Waals surface area contributed by atoms with Gasteiger partial charge in [0, 0.05) is 12.1 Å². The van der Waals surface area contributed by atoms with E-state index in [0.29, 0.717) is 0 Å². The molecule has 4 rings (SSSR count). The second kappa shape index (κ2) is 4.85. The summed E-state index contributed by atoms with van der Waals surface area (Å²) in [7, 11) is 0. The van der Waals surface area contributed by atoms with Gasteiger partial charge in [-0.25, -0.2) is 4.90 Å². The summed E-state index contributed by atoms with van der Waals surface area (Å²) in [6.07, 6.45) is 2.66. The number of carbonyl (C=O) groups excluding carboxylic acids is 2. The lowest BCUT2D eigenvalue weighted by atomic mass is 9.77. The summed E-state index contributed by atoms with van der Waals surface area (Å²) in [5.74, 6) is -2.73. The molecule has 0 radical (unpaired) electrons. The molecule has 0 spiro atoms. The van der Waals surface area contributed by atoms with Crippen molar-refractivity contribution < 1.29 is 24.4 Å². The Kier molecular flexibility index (Phi) is 3.08. The van der Waals surface area contributed by atoms with Crippen molar-refractivity contribution in [2.24, 2.45) is 11.8 Å². The van der Waals surface area contributed by atoms with Gasteiger partial charge in [-0.3, -0.25) is 19.7 Å². The highest BCUT2D eigenvalue weighted by molar-refractivity contribution is 6.36. The lowest BCUT2D eigenvalue weighted by Gasteiger charge is -2.26. The van der Waals surface area contributed by atoms with Gasteiger partial charge in [0.1, 0.15) is 5.60 Å². The monoisotopic (exact) mass is 350 g/mol. The molecule has 4 unspecified atom stereocenters. The second-order valence-electron chi connectivity index (χ2n) is 5.96. The molecule has 3 aliphatic heterocycles. The maximum atomic E-state index is 12.8. The van der Waals surface area contributed by atoms with Crippen LogP contribution in [0.1, 0.15) is 0 Å². The van der Waals surface area contributed by atoms with E-state index in [-0.39, 0.29) is 16.4 Å². The van der Waals surface area contributed by atoms with Crippen molar-refractivity contribution in [3.05, 3.63) is 45.5 Å². The van der Waals surface area contributed by atoms with Gasteiger partial charge < -0.3 is 9.84 Å². The zero-order chi connectivity index (χ0) is 17.2. The predicted octanol–water partition coefficient (Wildman–Crippen LogP) is 1.05. The molecule has 3 heterocycles. The molecular weight excluding hydrogens is 340 g/mol. The fourth-order valence-corrected chi connectivity index (χ4v) is 3.91. The lowest BCUT2D eigenvalue weighted by molar-refractivity contribution is -0.384. The van der Waals surface area contributed by atoms with Crippen LogP contribution < -0.4 is 4.90 Å². The van der Waals surface area contributed by atoms with Crippen LogP contribution in [0.15, 0.2) is 30.4 Å². The normalized spacial score (nSPS) is 33.4. The Hall–Kier alpha value is -2.29. The number of rotatable bonds is 3. The minimum Gasteiger partial charge on any atom is -0.393 e. The first-order chi connectivity index (χ1) is 11.4. The van der Waals surface area contributed by atoms with Crippen molar-refractivity contribution in [2.45, 2.75) is 11.7 Å². The number of aliphatic hydroxyl groups excluding tert-OH is 1. The summed E-state index contributed by atoms with van der Waals surface area (Å²) in [6.45, 7) is -0.434. The van der Waals surface area contributed by atoms with Gasteiger partial charge in [-0.2, -0.15) is 0 Å². The first kappa shape index (κ1) is 15.3. The Labute approximate surface area is 140 Å². The van der Waals surface area contributed by atoms with Crippen LogP contribution in [0, 0.1) is 22.0 Å². The third kappa shape index (κ3) is 1.75. The molecule has 2 bridgehead atoms. The fourth-order valence-electron chi connectivity index (χ4n) is 3.71. The van der Waals surface area contributed by atoms with Crippen LogP contribution in [-0.2, 0) is 14.3 Å². The number of anilines is 1. The van der Waals surface area contributed by atoms with Gasteiger partial charge in [-0.1, -0.05) is 23.8 Å². The van der Waals surface area contributed by atoms with E-state index in [2.05, 4.69) is 0 Å². The average Bonchev–Trinajstić information content (AvgIpc) is 3.19. The number of hydrogen-bond acceptors (Lipinski definition) is 6. The van der Waals surface area contributed by atoms with E-state index in [0.717, 1.165) is 11.0 Å².